The van der Waals surface area contributed by atoms with Crippen LogP contribution in [0.4, 0.5) is 5.88 Å². The van der Waals surface area contributed by atoms with Gasteiger partial charge in [0.2, 0.25) is 0 Å². The predicted octanol–water partition coefficient (Wildman–Crippen LogP) is 1.37. The van der Waals surface area contributed by atoms with Gasteiger partial charge in [0.15, 0.2) is 11.6 Å². The number of nitrogens with zero attached hydrogens (tertiary/aromatic N) is 5. The lowest BCUT2D eigenvalue weighted by molar-refractivity contribution is -0.402. The third kappa shape index (κ3) is 3.36. The average molecular weight is 295 g/mol. The van der Waals surface area contributed by atoms with E-state index in [0.29, 0.717) is 0 Å². The van der Waals surface area contributed by atoms with Crippen molar-refractivity contribution in [1.29, 1.82) is 0 Å². The van der Waals surface area contributed by atoms with Gasteiger partial charge in [-0.2, -0.15) is 5.10 Å². The van der Waals surface area contributed by atoms with Crippen LogP contribution in [0.3, 0.4) is 0 Å². The molecule has 0 unspecified atom stereocenters. The number of aromatic nitrogens is 2. The zero-order valence-corrected chi connectivity index (χ0v) is 10.6. The molecule has 2 aromatic rings. The Labute approximate surface area is 117 Å². The van der Waals surface area contributed by atoms with Crippen molar-refractivity contribution in [1.82, 2.24) is 9.97 Å². The lowest BCUT2D eigenvalue weighted by atomic mass is 10.4. The van der Waals surface area contributed by atoms with Crippen LogP contribution in [0.15, 0.2) is 39.1 Å². The fourth-order valence-corrected chi connectivity index (χ4v) is 1.32. The zero-order chi connectivity index (χ0) is 14.5. The number of halogens is 1. The van der Waals surface area contributed by atoms with E-state index < -0.39 is 4.92 Å². The summed E-state index contributed by atoms with van der Waals surface area (Å²) in [5.41, 5.74) is 5.88. The molecule has 0 atom stereocenters. The van der Waals surface area contributed by atoms with Gasteiger partial charge in [-0.1, -0.05) is 11.6 Å². The summed E-state index contributed by atoms with van der Waals surface area (Å²) in [4.78, 5) is 17.4. The first-order valence-electron chi connectivity index (χ1n) is 5.15. The maximum Gasteiger partial charge on any atom is 0.433 e. The average Bonchev–Trinajstić information content (AvgIpc) is 2.87. The van der Waals surface area contributed by atoms with E-state index in [9.17, 15) is 10.1 Å². The first kappa shape index (κ1) is 13.6. The minimum atomic E-state index is -0.656. The molecule has 0 amide bonds. The molecule has 0 radical (unpaired) electrons. The van der Waals surface area contributed by atoms with Crippen LogP contribution < -0.4 is 5.73 Å². The highest BCUT2D eigenvalue weighted by molar-refractivity contribution is 6.29. The van der Waals surface area contributed by atoms with Crippen molar-refractivity contribution in [2.24, 2.45) is 15.9 Å². The van der Waals surface area contributed by atoms with Crippen LogP contribution >= 0.6 is 11.6 Å². The SMILES string of the molecule is N/C(=N\N=C/c1ccc([N+](=O)[O-])o1)c1cncc(Cl)n1. The summed E-state index contributed by atoms with van der Waals surface area (Å²) in [5, 5.41) is 17.9. The predicted molar refractivity (Wildman–Crippen MR) is 70.7 cm³/mol. The molecule has 2 aromatic heterocycles. The van der Waals surface area contributed by atoms with Crippen LogP contribution in [0.25, 0.3) is 0 Å². The van der Waals surface area contributed by atoms with Crippen LogP contribution in [0, 0.1) is 10.1 Å². The Kier molecular flexibility index (Phi) is 4.01. The third-order valence-corrected chi connectivity index (χ3v) is 2.19. The number of hydrogen-bond acceptors (Lipinski definition) is 7. The highest BCUT2D eigenvalue weighted by Crippen LogP contribution is 2.13. The van der Waals surface area contributed by atoms with Gasteiger partial charge in [0.05, 0.1) is 24.7 Å². The van der Waals surface area contributed by atoms with Crippen molar-refractivity contribution in [3.8, 4) is 0 Å². The first-order chi connectivity index (χ1) is 9.56. The van der Waals surface area contributed by atoms with E-state index in [0.717, 1.165) is 0 Å². The summed E-state index contributed by atoms with van der Waals surface area (Å²) >= 11 is 5.65. The van der Waals surface area contributed by atoms with Crippen molar-refractivity contribution in [3.63, 3.8) is 0 Å². The van der Waals surface area contributed by atoms with E-state index in [1.54, 1.807) is 0 Å². The molecular weight excluding hydrogens is 288 g/mol. The monoisotopic (exact) mass is 294 g/mol. The van der Waals surface area contributed by atoms with Gasteiger partial charge in [-0.25, -0.2) is 4.98 Å². The van der Waals surface area contributed by atoms with E-state index in [4.69, 9.17) is 21.8 Å². The van der Waals surface area contributed by atoms with Crippen LogP contribution in [0.1, 0.15) is 11.5 Å². The largest absolute Gasteiger partial charge is 0.433 e. The van der Waals surface area contributed by atoms with Gasteiger partial charge in [-0.15, -0.1) is 5.10 Å². The topological polar surface area (TPSA) is 133 Å². The van der Waals surface area contributed by atoms with Gasteiger partial charge in [0.1, 0.15) is 15.8 Å². The molecule has 0 saturated carbocycles. The van der Waals surface area contributed by atoms with Crippen molar-refractivity contribution < 1.29 is 9.34 Å². The molecule has 2 heterocycles. The molecule has 0 aliphatic carbocycles. The Morgan fingerprint density at radius 3 is 2.95 bits per heavy atom. The number of nitro groups is 1. The minimum Gasteiger partial charge on any atom is -0.400 e. The quantitative estimate of drug-likeness (QED) is 0.392. The molecule has 0 saturated heterocycles. The van der Waals surface area contributed by atoms with Gasteiger partial charge in [-0.3, -0.25) is 15.1 Å². The molecule has 102 valence electrons. The van der Waals surface area contributed by atoms with Crippen LogP contribution in [0.5, 0.6) is 0 Å². The number of hydrogen-bond donors (Lipinski definition) is 1. The maximum atomic E-state index is 10.4. The maximum absolute atomic E-state index is 10.4. The molecule has 2 rings (SSSR count). The van der Waals surface area contributed by atoms with Crippen molar-refractivity contribution in [2.75, 3.05) is 0 Å². The molecule has 0 bridgehead atoms. The van der Waals surface area contributed by atoms with Gasteiger partial charge >= 0.3 is 5.88 Å². The lowest BCUT2D eigenvalue weighted by Gasteiger charge is -1.96. The summed E-state index contributed by atoms with van der Waals surface area (Å²) in [7, 11) is 0. The molecule has 9 nitrogen and oxygen atoms in total. The highest BCUT2D eigenvalue weighted by atomic mass is 35.5. The molecule has 0 aromatic carbocycles. The van der Waals surface area contributed by atoms with Crippen LogP contribution in [-0.4, -0.2) is 26.9 Å². The van der Waals surface area contributed by atoms with Crippen molar-refractivity contribution in [2.45, 2.75) is 0 Å². The Bertz CT molecular complexity index is 696. The zero-order valence-electron chi connectivity index (χ0n) is 9.80. The first-order valence-corrected chi connectivity index (χ1v) is 5.52. The fourth-order valence-electron chi connectivity index (χ4n) is 1.17. The Balaban J connectivity index is 2.11. The van der Waals surface area contributed by atoms with Crippen molar-refractivity contribution >= 4 is 29.5 Å². The molecule has 10 heteroatoms. The van der Waals surface area contributed by atoms with Gasteiger partial charge in [0, 0.05) is 0 Å². The normalized spacial score (nSPS) is 11.9. The summed E-state index contributed by atoms with van der Waals surface area (Å²) in [5.74, 6) is -0.216. The van der Waals surface area contributed by atoms with Crippen LogP contribution in [-0.2, 0) is 0 Å². The van der Waals surface area contributed by atoms with Gasteiger partial charge in [0.25, 0.3) is 0 Å². The molecule has 0 spiro atoms. The second-order valence-corrected chi connectivity index (χ2v) is 3.78. The molecular formula is C10H7ClN6O3. The Hall–Kier alpha value is -2.81. The lowest BCUT2D eigenvalue weighted by Crippen LogP contribution is -2.15. The Morgan fingerprint density at radius 2 is 2.30 bits per heavy atom. The number of furan rings is 1. The standard InChI is InChI=1S/C10H7ClN6O3/c11-8-5-13-4-7(15-8)10(12)16-14-3-6-1-2-9(20-6)17(18)19/h1-5H,(H2,12,16)/b14-3-. The fraction of sp³-hybridized carbons (Fsp3) is 0. The number of rotatable bonds is 4. The molecule has 20 heavy (non-hydrogen) atoms. The van der Waals surface area contributed by atoms with E-state index in [2.05, 4.69) is 20.2 Å². The second kappa shape index (κ2) is 5.89. The highest BCUT2D eigenvalue weighted by Gasteiger charge is 2.10. The van der Waals surface area contributed by atoms with Crippen LogP contribution in [0.2, 0.25) is 5.15 Å². The summed E-state index contributed by atoms with van der Waals surface area (Å²) in [6, 6.07) is 2.59. The summed E-state index contributed by atoms with van der Waals surface area (Å²) < 4.78 is 4.84. The molecule has 0 aliphatic heterocycles. The minimum absolute atomic E-state index is 0.00249. The van der Waals surface area contributed by atoms with E-state index in [1.807, 2.05) is 0 Å². The molecule has 0 fully saturated rings. The van der Waals surface area contributed by atoms with E-state index >= 15 is 0 Å². The van der Waals surface area contributed by atoms with Gasteiger partial charge in [-0.05, 0) is 6.07 Å². The van der Waals surface area contributed by atoms with Crippen molar-refractivity contribution in [3.05, 3.63) is 51.2 Å². The molecule has 2 N–H and O–H groups in total. The smallest absolute Gasteiger partial charge is 0.400 e. The Morgan fingerprint density at radius 1 is 1.50 bits per heavy atom. The van der Waals surface area contributed by atoms with Gasteiger partial charge < -0.3 is 10.2 Å². The summed E-state index contributed by atoms with van der Waals surface area (Å²) in [6.45, 7) is 0. The summed E-state index contributed by atoms with van der Waals surface area (Å²) in [6.07, 6.45) is 3.90. The number of nitrogens with two attached hydrogens (primary N) is 1. The van der Waals surface area contributed by atoms with E-state index in [1.165, 1.54) is 30.7 Å². The number of amidine groups is 1. The third-order valence-electron chi connectivity index (χ3n) is 2.01. The van der Waals surface area contributed by atoms with E-state index in [-0.39, 0.29) is 28.3 Å². The second-order valence-electron chi connectivity index (χ2n) is 3.39. The molecule has 0 aliphatic rings.